The Morgan fingerprint density at radius 1 is 1.33 bits per heavy atom. The number of carbonyl (C=O) groups is 2. The zero-order valence-corrected chi connectivity index (χ0v) is 6.75. The molecule has 7 N–H and O–H groups in total. The molecule has 0 aromatic carbocycles. The number of rotatable bonds is 5. The van der Waals surface area contributed by atoms with Crippen LogP contribution in [0.3, 0.4) is 0 Å². The number of primary amides is 2. The summed E-state index contributed by atoms with van der Waals surface area (Å²) < 4.78 is 0. The molecule has 0 aliphatic heterocycles. The molecule has 1 unspecified atom stereocenters. The highest BCUT2D eigenvalue weighted by molar-refractivity contribution is 5.73. The quantitative estimate of drug-likeness (QED) is 0.383. The van der Waals surface area contributed by atoms with Gasteiger partial charge in [-0.2, -0.15) is 0 Å². The van der Waals surface area contributed by atoms with Crippen LogP contribution in [0.15, 0.2) is 0 Å². The first kappa shape index (κ1) is 10.7. The predicted molar refractivity (Wildman–Crippen MR) is 43.7 cm³/mol. The van der Waals surface area contributed by atoms with E-state index >= 15 is 0 Å². The maximum absolute atomic E-state index is 10.3. The highest BCUT2D eigenvalue weighted by Gasteiger charge is 2.04. The van der Waals surface area contributed by atoms with Crippen LogP contribution in [0.2, 0.25) is 0 Å². The Morgan fingerprint density at radius 2 is 1.92 bits per heavy atom. The summed E-state index contributed by atoms with van der Waals surface area (Å²) in [4.78, 5) is 20.5. The van der Waals surface area contributed by atoms with Crippen molar-refractivity contribution >= 4 is 11.9 Å². The van der Waals surface area contributed by atoms with Crippen LogP contribution in [0.4, 0.5) is 4.79 Å². The van der Waals surface area contributed by atoms with Crippen LogP contribution in [-0.2, 0) is 4.79 Å². The van der Waals surface area contributed by atoms with Crippen molar-refractivity contribution in [3.05, 3.63) is 0 Å². The molecule has 0 saturated heterocycles. The molecule has 0 saturated carbocycles. The van der Waals surface area contributed by atoms with Crippen LogP contribution in [0.5, 0.6) is 0 Å². The minimum absolute atomic E-state index is 0.272. The Morgan fingerprint density at radius 3 is 2.33 bits per heavy atom. The van der Waals surface area contributed by atoms with E-state index in [1.54, 1.807) is 0 Å². The molecule has 0 aromatic heterocycles. The predicted octanol–water partition coefficient (Wildman–Crippen LogP) is -1.40. The Bertz CT molecular complexity index is 171. The second kappa shape index (κ2) is 5.36. The van der Waals surface area contributed by atoms with Crippen LogP contribution in [0, 0.1) is 0 Å². The van der Waals surface area contributed by atoms with Crippen LogP contribution in [0.25, 0.3) is 0 Å². The average Bonchev–Trinajstić information content (AvgIpc) is 1.84. The Kier molecular flexibility index (Phi) is 4.78. The zero-order chi connectivity index (χ0) is 9.56. The van der Waals surface area contributed by atoms with Crippen molar-refractivity contribution in [2.75, 3.05) is 0 Å². The largest absolute Gasteiger partial charge is 0.370 e. The van der Waals surface area contributed by atoms with Crippen LogP contribution in [-0.4, -0.2) is 18.1 Å². The van der Waals surface area contributed by atoms with Gasteiger partial charge in [-0.1, -0.05) is 0 Å². The van der Waals surface area contributed by atoms with E-state index in [0.717, 1.165) is 0 Å². The van der Waals surface area contributed by atoms with E-state index in [1.807, 2.05) is 0 Å². The van der Waals surface area contributed by atoms with Crippen LogP contribution < -0.4 is 22.5 Å². The highest BCUT2D eigenvalue weighted by atomic mass is 16.2. The first-order valence-corrected chi connectivity index (χ1v) is 3.62. The third kappa shape index (κ3) is 6.81. The molecule has 0 spiro atoms. The summed E-state index contributed by atoms with van der Waals surface area (Å²) in [6.45, 7) is 0. The van der Waals surface area contributed by atoms with Gasteiger partial charge in [-0.05, 0) is 12.8 Å². The normalized spacial score (nSPS) is 12.1. The van der Waals surface area contributed by atoms with Crippen molar-refractivity contribution in [2.24, 2.45) is 17.2 Å². The van der Waals surface area contributed by atoms with E-state index in [-0.39, 0.29) is 12.3 Å². The molecule has 0 bridgehead atoms. The first-order valence-electron chi connectivity index (χ1n) is 3.62. The molecule has 1 atom stereocenters. The van der Waals surface area contributed by atoms with Gasteiger partial charge in [-0.25, -0.2) is 4.79 Å². The summed E-state index contributed by atoms with van der Waals surface area (Å²) in [5.74, 6) is -0.374. The van der Waals surface area contributed by atoms with Crippen molar-refractivity contribution in [3.8, 4) is 0 Å². The molecule has 0 aromatic rings. The Hall–Kier alpha value is -1.30. The van der Waals surface area contributed by atoms with E-state index in [1.165, 1.54) is 0 Å². The molecular formula is C6H14N4O2. The summed E-state index contributed by atoms with van der Waals surface area (Å²) in [5, 5.41) is 2.28. The molecule has 0 radical (unpaired) electrons. The summed E-state index contributed by atoms with van der Waals surface area (Å²) in [6.07, 6.45) is 0.818. The summed E-state index contributed by atoms with van der Waals surface area (Å²) >= 11 is 0. The SMILES string of the molecule is NC(=O)CCCC(N)NC(N)=O. The van der Waals surface area contributed by atoms with Crippen molar-refractivity contribution < 1.29 is 9.59 Å². The van der Waals surface area contributed by atoms with Gasteiger partial charge in [-0.3, -0.25) is 4.79 Å². The third-order valence-electron chi connectivity index (χ3n) is 1.27. The first-order chi connectivity index (χ1) is 5.52. The van der Waals surface area contributed by atoms with E-state index in [2.05, 4.69) is 5.32 Å². The number of urea groups is 1. The molecule has 0 aliphatic carbocycles. The van der Waals surface area contributed by atoms with Gasteiger partial charge >= 0.3 is 6.03 Å². The lowest BCUT2D eigenvalue weighted by Gasteiger charge is -2.10. The van der Waals surface area contributed by atoms with Gasteiger partial charge in [0.25, 0.3) is 0 Å². The Labute approximate surface area is 70.5 Å². The minimum Gasteiger partial charge on any atom is -0.370 e. The smallest absolute Gasteiger partial charge is 0.313 e. The van der Waals surface area contributed by atoms with E-state index in [4.69, 9.17) is 17.2 Å². The maximum atomic E-state index is 10.3. The fourth-order valence-electron chi connectivity index (χ4n) is 0.751. The second-order valence-electron chi connectivity index (χ2n) is 2.47. The summed E-state index contributed by atoms with van der Waals surface area (Å²) in [6, 6.07) is -0.665. The van der Waals surface area contributed by atoms with Gasteiger partial charge in [0.15, 0.2) is 0 Å². The topological polar surface area (TPSA) is 124 Å². The monoisotopic (exact) mass is 174 g/mol. The molecule has 6 heteroatoms. The molecule has 70 valence electrons. The number of nitrogens with two attached hydrogens (primary N) is 3. The Balaban J connectivity index is 3.37. The van der Waals surface area contributed by atoms with Gasteiger partial charge in [0.05, 0.1) is 6.17 Å². The highest BCUT2D eigenvalue weighted by Crippen LogP contribution is 1.95. The molecule has 0 aliphatic rings. The van der Waals surface area contributed by atoms with E-state index < -0.39 is 12.2 Å². The van der Waals surface area contributed by atoms with Crippen molar-refractivity contribution in [1.29, 1.82) is 0 Å². The molecule has 0 rings (SSSR count). The lowest BCUT2D eigenvalue weighted by Crippen LogP contribution is -2.44. The number of nitrogens with one attached hydrogen (secondary N) is 1. The fraction of sp³-hybridized carbons (Fsp3) is 0.667. The van der Waals surface area contributed by atoms with Gasteiger partial charge in [-0.15, -0.1) is 0 Å². The third-order valence-corrected chi connectivity index (χ3v) is 1.27. The molecule has 12 heavy (non-hydrogen) atoms. The number of carbonyl (C=O) groups excluding carboxylic acids is 2. The average molecular weight is 174 g/mol. The lowest BCUT2D eigenvalue weighted by molar-refractivity contribution is -0.118. The summed E-state index contributed by atoms with van der Waals surface area (Å²) in [7, 11) is 0. The zero-order valence-electron chi connectivity index (χ0n) is 6.75. The van der Waals surface area contributed by atoms with Crippen LogP contribution in [0.1, 0.15) is 19.3 Å². The fourth-order valence-corrected chi connectivity index (χ4v) is 0.751. The maximum Gasteiger partial charge on any atom is 0.313 e. The summed E-state index contributed by atoms with van der Waals surface area (Å²) in [5.41, 5.74) is 15.1. The number of hydrogen-bond acceptors (Lipinski definition) is 3. The number of hydrogen-bond donors (Lipinski definition) is 4. The van der Waals surface area contributed by atoms with Crippen LogP contribution >= 0.6 is 0 Å². The number of amides is 3. The van der Waals surface area contributed by atoms with Crippen molar-refractivity contribution in [2.45, 2.75) is 25.4 Å². The molecule has 0 heterocycles. The molecule has 0 fully saturated rings. The lowest BCUT2D eigenvalue weighted by atomic mass is 10.2. The molecular weight excluding hydrogens is 160 g/mol. The molecule has 6 nitrogen and oxygen atoms in total. The van der Waals surface area contributed by atoms with Crippen molar-refractivity contribution in [1.82, 2.24) is 5.32 Å². The second-order valence-corrected chi connectivity index (χ2v) is 2.47. The van der Waals surface area contributed by atoms with E-state index in [9.17, 15) is 9.59 Å². The van der Waals surface area contributed by atoms with Gasteiger partial charge in [0.1, 0.15) is 0 Å². The molecule has 3 amide bonds. The van der Waals surface area contributed by atoms with Gasteiger partial charge in [0, 0.05) is 6.42 Å². The van der Waals surface area contributed by atoms with Gasteiger partial charge < -0.3 is 22.5 Å². The van der Waals surface area contributed by atoms with Crippen molar-refractivity contribution in [3.63, 3.8) is 0 Å². The van der Waals surface area contributed by atoms with E-state index in [0.29, 0.717) is 12.8 Å². The van der Waals surface area contributed by atoms with Gasteiger partial charge in [0.2, 0.25) is 5.91 Å². The minimum atomic E-state index is -0.665. The standard InChI is InChI=1S/C6H14N4O2/c7-4(10-6(9)12)2-1-3-5(8)11/h4H,1-3,7H2,(H2,8,11)(H3,9,10,12).